The van der Waals surface area contributed by atoms with Crippen LogP contribution in [0.15, 0.2) is 0 Å². The number of hydrogen-bond acceptors (Lipinski definition) is 3. The Morgan fingerprint density at radius 2 is 1.88 bits per heavy atom. The minimum atomic E-state index is -4.17. The number of nitrogens with two attached hydrogens (primary N) is 1. The molecule has 0 fully saturated rings. The third-order valence-electron chi connectivity index (χ3n) is 2.04. The monoisotopic (exact) mass is 242 g/mol. The molecule has 0 saturated heterocycles. The minimum absolute atomic E-state index is 0.227. The van der Waals surface area contributed by atoms with E-state index in [4.69, 9.17) is 10.5 Å². The first-order chi connectivity index (χ1) is 7.49. The summed E-state index contributed by atoms with van der Waals surface area (Å²) in [6, 6.07) is 0. The number of unbranched alkanes of at least 4 members (excludes halogenated alkanes) is 1. The average Bonchev–Trinajstić information content (AvgIpc) is 2.15. The van der Waals surface area contributed by atoms with Crippen LogP contribution >= 0.6 is 0 Å². The highest BCUT2D eigenvalue weighted by atomic mass is 19.4. The lowest BCUT2D eigenvalue weighted by Crippen LogP contribution is -2.39. The highest BCUT2D eigenvalue weighted by molar-refractivity contribution is 4.63. The zero-order valence-corrected chi connectivity index (χ0v) is 9.72. The van der Waals surface area contributed by atoms with E-state index in [9.17, 15) is 13.2 Å². The summed E-state index contributed by atoms with van der Waals surface area (Å²) in [6.07, 6.45) is -2.20. The van der Waals surface area contributed by atoms with Gasteiger partial charge in [0.1, 0.15) is 0 Å². The number of alkyl halides is 3. The van der Waals surface area contributed by atoms with Crippen molar-refractivity contribution in [1.29, 1.82) is 0 Å². The van der Waals surface area contributed by atoms with Gasteiger partial charge in [-0.3, -0.25) is 4.90 Å². The molecule has 98 valence electrons. The van der Waals surface area contributed by atoms with Crippen LogP contribution in [-0.4, -0.2) is 50.5 Å². The number of nitrogens with zero attached hydrogens (tertiary/aromatic N) is 1. The van der Waals surface area contributed by atoms with Gasteiger partial charge in [0, 0.05) is 26.2 Å². The Bertz CT molecular complexity index is 165. The van der Waals surface area contributed by atoms with Crippen molar-refractivity contribution in [3.63, 3.8) is 0 Å². The summed E-state index contributed by atoms with van der Waals surface area (Å²) in [5.41, 5.74) is 5.25. The van der Waals surface area contributed by atoms with Gasteiger partial charge in [0.05, 0.1) is 13.2 Å². The molecule has 0 aliphatic carbocycles. The first kappa shape index (κ1) is 15.7. The van der Waals surface area contributed by atoms with E-state index in [2.05, 4.69) is 0 Å². The lowest BCUT2D eigenvalue weighted by molar-refractivity contribution is -0.147. The Balaban J connectivity index is 3.68. The van der Waals surface area contributed by atoms with Crippen molar-refractivity contribution >= 4 is 0 Å². The summed E-state index contributed by atoms with van der Waals surface area (Å²) in [5.74, 6) is 0. The van der Waals surface area contributed by atoms with E-state index < -0.39 is 12.7 Å². The van der Waals surface area contributed by atoms with Crippen molar-refractivity contribution < 1.29 is 17.9 Å². The van der Waals surface area contributed by atoms with Gasteiger partial charge in [0.25, 0.3) is 0 Å². The van der Waals surface area contributed by atoms with E-state index in [1.54, 1.807) is 0 Å². The lowest BCUT2D eigenvalue weighted by Gasteiger charge is -2.22. The highest BCUT2D eigenvalue weighted by Gasteiger charge is 2.30. The highest BCUT2D eigenvalue weighted by Crippen LogP contribution is 2.15. The van der Waals surface area contributed by atoms with Crippen molar-refractivity contribution in [2.75, 3.05) is 39.4 Å². The molecule has 0 aromatic heterocycles. The van der Waals surface area contributed by atoms with Gasteiger partial charge in [-0.05, 0) is 6.42 Å². The molecule has 0 heterocycles. The summed E-state index contributed by atoms with van der Waals surface area (Å²) in [6.45, 7) is 2.81. The number of hydrogen-bond donors (Lipinski definition) is 1. The molecule has 0 bridgehead atoms. The Labute approximate surface area is 94.7 Å². The third-order valence-corrected chi connectivity index (χ3v) is 2.04. The maximum Gasteiger partial charge on any atom is 0.401 e. The van der Waals surface area contributed by atoms with Crippen LogP contribution in [0.1, 0.15) is 19.8 Å². The third kappa shape index (κ3) is 10.2. The number of ether oxygens (including phenoxy) is 1. The molecule has 16 heavy (non-hydrogen) atoms. The van der Waals surface area contributed by atoms with Crippen molar-refractivity contribution in [3.05, 3.63) is 0 Å². The molecule has 0 radical (unpaired) electrons. The largest absolute Gasteiger partial charge is 0.401 e. The maximum absolute atomic E-state index is 12.1. The van der Waals surface area contributed by atoms with Crippen LogP contribution in [0.4, 0.5) is 13.2 Å². The van der Waals surface area contributed by atoms with Gasteiger partial charge in [0.2, 0.25) is 0 Å². The second kappa shape index (κ2) is 8.78. The molecule has 0 unspecified atom stereocenters. The SMILES string of the molecule is CCCCOCCN(CCN)CC(F)(F)F. The van der Waals surface area contributed by atoms with E-state index in [-0.39, 0.29) is 19.6 Å². The summed E-state index contributed by atoms with van der Waals surface area (Å²) >= 11 is 0. The van der Waals surface area contributed by atoms with Crippen LogP contribution in [0.3, 0.4) is 0 Å². The molecule has 0 aromatic carbocycles. The molecular formula is C10H21F3N2O. The van der Waals surface area contributed by atoms with Crippen LogP contribution in [0.2, 0.25) is 0 Å². The number of halogens is 3. The topological polar surface area (TPSA) is 38.5 Å². The molecule has 0 rings (SSSR count). The second-order valence-electron chi connectivity index (χ2n) is 3.65. The van der Waals surface area contributed by atoms with Crippen molar-refractivity contribution in [1.82, 2.24) is 4.90 Å². The van der Waals surface area contributed by atoms with Crippen LogP contribution in [-0.2, 0) is 4.74 Å². The van der Waals surface area contributed by atoms with E-state index >= 15 is 0 Å². The fourth-order valence-corrected chi connectivity index (χ4v) is 1.25. The molecule has 0 aromatic rings. The van der Waals surface area contributed by atoms with E-state index in [0.717, 1.165) is 12.8 Å². The second-order valence-corrected chi connectivity index (χ2v) is 3.65. The molecular weight excluding hydrogens is 221 g/mol. The van der Waals surface area contributed by atoms with Gasteiger partial charge in [-0.25, -0.2) is 0 Å². The molecule has 6 heteroatoms. The van der Waals surface area contributed by atoms with Gasteiger partial charge in [-0.2, -0.15) is 13.2 Å². The fourth-order valence-electron chi connectivity index (χ4n) is 1.25. The van der Waals surface area contributed by atoms with Crippen LogP contribution in [0.5, 0.6) is 0 Å². The summed E-state index contributed by atoms with van der Waals surface area (Å²) in [7, 11) is 0. The normalized spacial score (nSPS) is 12.4. The van der Waals surface area contributed by atoms with Crippen LogP contribution < -0.4 is 5.73 Å². The first-order valence-electron chi connectivity index (χ1n) is 5.56. The molecule has 0 spiro atoms. The Kier molecular flexibility index (Phi) is 8.60. The molecule has 2 N–H and O–H groups in total. The van der Waals surface area contributed by atoms with E-state index in [1.807, 2.05) is 6.92 Å². The summed E-state index contributed by atoms with van der Waals surface area (Å²) in [5, 5.41) is 0. The van der Waals surface area contributed by atoms with Crippen molar-refractivity contribution in [3.8, 4) is 0 Å². The number of rotatable bonds is 9. The van der Waals surface area contributed by atoms with E-state index in [1.165, 1.54) is 4.90 Å². The predicted octanol–water partition coefficient (Wildman–Crippen LogP) is 1.63. The molecule has 3 nitrogen and oxygen atoms in total. The fraction of sp³-hybridized carbons (Fsp3) is 1.00. The maximum atomic E-state index is 12.1. The zero-order valence-electron chi connectivity index (χ0n) is 9.72. The van der Waals surface area contributed by atoms with Crippen molar-refractivity contribution in [2.24, 2.45) is 5.73 Å². The Hall–Kier alpha value is -0.330. The zero-order chi connectivity index (χ0) is 12.4. The van der Waals surface area contributed by atoms with Gasteiger partial charge in [-0.15, -0.1) is 0 Å². The molecule has 0 aliphatic heterocycles. The molecule has 0 atom stereocenters. The average molecular weight is 242 g/mol. The van der Waals surface area contributed by atoms with E-state index in [0.29, 0.717) is 13.2 Å². The Morgan fingerprint density at radius 1 is 1.19 bits per heavy atom. The van der Waals surface area contributed by atoms with Gasteiger partial charge < -0.3 is 10.5 Å². The smallest absolute Gasteiger partial charge is 0.380 e. The molecule has 0 aliphatic rings. The molecule has 0 saturated carbocycles. The van der Waals surface area contributed by atoms with Gasteiger partial charge in [-0.1, -0.05) is 13.3 Å². The molecule has 0 amide bonds. The van der Waals surface area contributed by atoms with Crippen molar-refractivity contribution in [2.45, 2.75) is 25.9 Å². The first-order valence-corrected chi connectivity index (χ1v) is 5.56. The summed E-state index contributed by atoms with van der Waals surface area (Å²) < 4.78 is 41.6. The standard InChI is InChI=1S/C10H21F3N2O/c1-2-3-7-16-8-6-15(5-4-14)9-10(11,12)13/h2-9,14H2,1H3. The van der Waals surface area contributed by atoms with Gasteiger partial charge >= 0.3 is 6.18 Å². The lowest BCUT2D eigenvalue weighted by atomic mass is 10.4. The van der Waals surface area contributed by atoms with Crippen LogP contribution in [0.25, 0.3) is 0 Å². The van der Waals surface area contributed by atoms with Crippen LogP contribution in [0, 0.1) is 0 Å². The summed E-state index contributed by atoms with van der Waals surface area (Å²) in [4.78, 5) is 1.27. The predicted molar refractivity (Wildman–Crippen MR) is 57.3 cm³/mol. The quantitative estimate of drug-likeness (QED) is 0.624. The minimum Gasteiger partial charge on any atom is -0.380 e. The Morgan fingerprint density at radius 3 is 2.38 bits per heavy atom. The van der Waals surface area contributed by atoms with Gasteiger partial charge in [0.15, 0.2) is 0 Å².